The summed E-state index contributed by atoms with van der Waals surface area (Å²) in [6, 6.07) is 0. The summed E-state index contributed by atoms with van der Waals surface area (Å²) in [6.45, 7) is 5.04. The van der Waals surface area contributed by atoms with Crippen LogP contribution in [0.3, 0.4) is 0 Å². The summed E-state index contributed by atoms with van der Waals surface area (Å²) >= 11 is 0. The molecule has 0 rings (SSSR count). The summed E-state index contributed by atoms with van der Waals surface area (Å²) in [4.78, 5) is 21.4. The molecule has 0 spiro atoms. The van der Waals surface area contributed by atoms with E-state index >= 15 is 0 Å². The first kappa shape index (κ1) is 10.7. The summed E-state index contributed by atoms with van der Waals surface area (Å²) < 4.78 is 4.34. The van der Waals surface area contributed by atoms with Crippen LogP contribution < -0.4 is 0 Å². The van der Waals surface area contributed by atoms with E-state index in [0.29, 0.717) is 6.42 Å². The van der Waals surface area contributed by atoms with Gasteiger partial charge in [0.25, 0.3) is 0 Å². The first-order chi connectivity index (χ1) is 5.54. The topological polar surface area (TPSA) is 63.6 Å². The van der Waals surface area contributed by atoms with Gasteiger partial charge < -0.3 is 9.84 Å². The second kappa shape index (κ2) is 4.54. The zero-order valence-corrected chi connectivity index (χ0v) is 7.16. The maximum atomic E-state index is 10.8. The minimum Gasteiger partial charge on any atom is -0.481 e. The van der Waals surface area contributed by atoms with E-state index in [1.54, 1.807) is 6.92 Å². The fourth-order valence-electron chi connectivity index (χ4n) is 0.843. The van der Waals surface area contributed by atoms with E-state index in [-0.39, 0.29) is 5.57 Å². The molecule has 0 aromatic heterocycles. The van der Waals surface area contributed by atoms with Crippen LogP contribution in [0.2, 0.25) is 0 Å². The monoisotopic (exact) mass is 172 g/mol. The van der Waals surface area contributed by atoms with Crippen molar-refractivity contribution in [3.05, 3.63) is 12.2 Å². The molecule has 0 saturated heterocycles. The molecular weight excluding hydrogens is 160 g/mol. The van der Waals surface area contributed by atoms with Gasteiger partial charge in [-0.2, -0.15) is 0 Å². The molecule has 0 aromatic carbocycles. The highest BCUT2D eigenvalue weighted by Gasteiger charge is 2.24. The first-order valence-electron chi connectivity index (χ1n) is 3.54. The van der Waals surface area contributed by atoms with E-state index in [0.717, 1.165) is 0 Å². The van der Waals surface area contributed by atoms with Crippen molar-refractivity contribution in [3.8, 4) is 0 Å². The van der Waals surface area contributed by atoms with Crippen molar-refractivity contribution in [2.24, 2.45) is 5.92 Å². The Morgan fingerprint density at radius 1 is 1.58 bits per heavy atom. The van der Waals surface area contributed by atoms with E-state index in [1.165, 1.54) is 7.11 Å². The van der Waals surface area contributed by atoms with Crippen LogP contribution in [0, 0.1) is 5.92 Å². The van der Waals surface area contributed by atoms with Gasteiger partial charge >= 0.3 is 11.9 Å². The van der Waals surface area contributed by atoms with Gasteiger partial charge in [0.05, 0.1) is 13.0 Å². The lowest BCUT2D eigenvalue weighted by Crippen LogP contribution is -2.20. The number of carboxylic acids is 1. The molecule has 1 N–H and O–H groups in total. The van der Waals surface area contributed by atoms with E-state index in [4.69, 9.17) is 5.11 Å². The van der Waals surface area contributed by atoms with Crippen LogP contribution in [0.25, 0.3) is 0 Å². The van der Waals surface area contributed by atoms with Crippen LogP contribution >= 0.6 is 0 Å². The Hall–Kier alpha value is -1.32. The van der Waals surface area contributed by atoms with Gasteiger partial charge in [0.1, 0.15) is 0 Å². The van der Waals surface area contributed by atoms with Crippen LogP contribution in [0.1, 0.15) is 13.3 Å². The van der Waals surface area contributed by atoms with E-state index in [1.807, 2.05) is 0 Å². The van der Waals surface area contributed by atoms with Gasteiger partial charge in [0, 0.05) is 5.57 Å². The zero-order valence-electron chi connectivity index (χ0n) is 7.16. The Morgan fingerprint density at radius 3 is 2.33 bits per heavy atom. The van der Waals surface area contributed by atoms with Crippen LogP contribution in [0.4, 0.5) is 0 Å². The highest BCUT2D eigenvalue weighted by atomic mass is 16.5. The number of hydrogen-bond acceptors (Lipinski definition) is 3. The third-order valence-electron chi connectivity index (χ3n) is 1.57. The number of carboxylic acid groups (broad SMARTS) is 1. The Morgan fingerprint density at radius 2 is 2.08 bits per heavy atom. The van der Waals surface area contributed by atoms with Crippen molar-refractivity contribution < 1.29 is 19.4 Å². The van der Waals surface area contributed by atoms with Gasteiger partial charge in [0.2, 0.25) is 0 Å². The predicted octanol–water partition coefficient (Wildman–Crippen LogP) is 0.826. The zero-order chi connectivity index (χ0) is 9.72. The highest BCUT2D eigenvalue weighted by Crippen LogP contribution is 2.14. The summed E-state index contributed by atoms with van der Waals surface area (Å²) in [5.41, 5.74) is -0.00694. The molecule has 12 heavy (non-hydrogen) atoms. The molecule has 0 aliphatic rings. The standard InChI is InChI=1S/C8H12O4/c1-4-6(7(9)10)5(2)8(11)12-3/h6H,2,4H2,1,3H3,(H,9,10). The Kier molecular flexibility index (Phi) is 4.04. The molecule has 4 heteroatoms. The maximum absolute atomic E-state index is 10.8. The van der Waals surface area contributed by atoms with Gasteiger partial charge in [-0.3, -0.25) is 4.79 Å². The first-order valence-corrected chi connectivity index (χ1v) is 3.54. The molecule has 4 nitrogen and oxygen atoms in total. The number of ether oxygens (including phenoxy) is 1. The second-order valence-electron chi connectivity index (χ2n) is 2.32. The van der Waals surface area contributed by atoms with Gasteiger partial charge in [0.15, 0.2) is 0 Å². The SMILES string of the molecule is C=C(C(=O)OC)C(CC)C(=O)O. The molecular formula is C8H12O4. The molecule has 0 saturated carbocycles. The van der Waals surface area contributed by atoms with Crippen molar-refractivity contribution in [1.82, 2.24) is 0 Å². The van der Waals surface area contributed by atoms with Crippen LogP contribution in [-0.2, 0) is 14.3 Å². The van der Waals surface area contributed by atoms with E-state index in [2.05, 4.69) is 11.3 Å². The number of hydrogen-bond donors (Lipinski definition) is 1. The smallest absolute Gasteiger partial charge is 0.334 e. The molecule has 0 aliphatic heterocycles. The molecule has 0 aromatic rings. The predicted molar refractivity (Wildman–Crippen MR) is 42.6 cm³/mol. The maximum Gasteiger partial charge on any atom is 0.334 e. The minimum atomic E-state index is -1.05. The summed E-state index contributed by atoms with van der Waals surface area (Å²) in [6.07, 6.45) is 0.337. The average Bonchev–Trinajstić information content (AvgIpc) is 2.03. The highest BCUT2D eigenvalue weighted by molar-refractivity contribution is 5.94. The lowest BCUT2D eigenvalue weighted by molar-refractivity contribution is -0.144. The number of methoxy groups -OCH3 is 1. The van der Waals surface area contributed by atoms with Crippen LogP contribution in [-0.4, -0.2) is 24.2 Å². The summed E-state index contributed by atoms with van der Waals surface area (Å²) in [5.74, 6) is -2.55. The Labute approximate surface area is 70.8 Å². The molecule has 0 radical (unpaired) electrons. The van der Waals surface area contributed by atoms with E-state index < -0.39 is 17.9 Å². The molecule has 68 valence electrons. The number of carbonyl (C=O) groups is 2. The van der Waals surface area contributed by atoms with Gasteiger partial charge in [-0.05, 0) is 6.42 Å². The number of rotatable bonds is 4. The number of aliphatic carboxylic acids is 1. The van der Waals surface area contributed by atoms with E-state index in [9.17, 15) is 9.59 Å². The fraction of sp³-hybridized carbons (Fsp3) is 0.500. The molecule has 1 unspecified atom stereocenters. The Bertz CT molecular complexity index is 207. The Balaban J connectivity index is 4.42. The third kappa shape index (κ3) is 2.38. The second-order valence-corrected chi connectivity index (χ2v) is 2.32. The van der Waals surface area contributed by atoms with Crippen molar-refractivity contribution in [2.45, 2.75) is 13.3 Å². The van der Waals surface area contributed by atoms with Crippen molar-refractivity contribution in [3.63, 3.8) is 0 Å². The van der Waals surface area contributed by atoms with Crippen LogP contribution in [0.5, 0.6) is 0 Å². The summed E-state index contributed by atoms with van der Waals surface area (Å²) in [5, 5.41) is 8.62. The quantitative estimate of drug-likeness (QED) is 0.503. The molecule has 0 amide bonds. The molecule has 0 heterocycles. The number of carbonyl (C=O) groups excluding carboxylic acids is 1. The molecule has 0 aliphatic carbocycles. The van der Waals surface area contributed by atoms with Gasteiger partial charge in [-0.15, -0.1) is 0 Å². The lowest BCUT2D eigenvalue weighted by atomic mass is 9.98. The largest absolute Gasteiger partial charge is 0.481 e. The van der Waals surface area contributed by atoms with Crippen molar-refractivity contribution in [2.75, 3.05) is 7.11 Å². The normalized spacial score (nSPS) is 11.8. The lowest BCUT2D eigenvalue weighted by Gasteiger charge is -2.10. The van der Waals surface area contributed by atoms with Gasteiger partial charge in [-0.25, -0.2) is 4.79 Å². The fourth-order valence-corrected chi connectivity index (χ4v) is 0.843. The third-order valence-corrected chi connectivity index (χ3v) is 1.57. The summed E-state index contributed by atoms with van der Waals surface area (Å²) in [7, 11) is 1.20. The van der Waals surface area contributed by atoms with Crippen molar-refractivity contribution in [1.29, 1.82) is 0 Å². The average molecular weight is 172 g/mol. The number of esters is 1. The van der Waals surface area contributed by atoms with Crippen LogP contribution in [0.15, 0.2) is 12.2 Å². The molecule has 0 fully saturated rings. The van der Waals surface area contributed by atoms with Crippen molar-refractivity contribution >= 4 is 11.9 Å². The molecule has 1 atom stereocenters. The molecule has 0 bridgehead atoms. The minimum absolute atomic E-state index is 0.00694. The van der Waals surface area contributed by atoms with Gasteiger partial charge in [-0.1, -0.05) is 13.5 Å².